The number of thiol groups is 1. The molecule has 0 amide bonds. The maximum absolute atomic E-state index is 6.37. The molecule has 0 bridgehead atoms. The Balaban J connectivity index is 2.41. The molecule has 1 fully saturated rings. The van der Waals surface area contributed by atoms with E-state index in [1.807, 2.05) is 7.48 Å². The zero-order chi connectivity index (χ0) is 27.7. The van der Waals surface area contributed by atoms with Crippen LogP contribution in [0.3, 0.4) is 0 Å². The van der Waals surface area contributed by atoms with Gasteiger partial charge in [-0.25, -0.2) is 0 Å². The van der Waals surface area contributed by atoms with E-state index in [2.05, 4.69) is 108 Å². The van der Waals surface area contributed by atoms with E-state index in [1.165, 1.54) is 5.56 Å². The predicted molar refractivity (Wildman–Crippen MR) is 158 cm³/mol. The van der Waals surface area contributed by atoms with Crippen molar-refractivity contribution in [3.8, 4) is 0 Å². The standard InChI is InChI=1S/C29H49B2O4S/c1-14-15-21(20(2)32-25(3,4)5)18-22-16-17-23(31-34-26(6,7)27(8,9)35-31)19-24(22)30-33-28(10,11)29(12,13)36/h16-17,19,21,36H,2,14-15,18H2,1,3-13H3. The van der Waals surface area contributed by atoms with Crippen LogP contribution < -0.4 is 10.9 Å². The minimum absolute atomic E-state index is 0.207. The third kappa shape index (κ3) is 7.82. The van der Waals surface area contributed by atoms with Crippen molar-refractivity contribution in [3.05, 3.63) is 36.1 Å². The first kappa shape index (κ1) is 31.3. The van der Waals surface area contributed by atoms with Gasteiger partial charge in [-0.3, -0.25) is 0 Å². The fourth-order valence-electron chi connectivity index (χ4n) is 3.86. The Kier molecular flexibility index (Phi) is 9.65. The molecule has 1 aliphatic heterocycles. The van der Waals surface area contributed by atoms with Crippen molar-refractivity contribution >= 4 is 38.2 Å². The lowest BCUT2D eigenvalue weighted by Crippen LogP contribution is -2.47. The summed E-state index contributed by atoms with van der Waals surface area (Å²) in [6, 6.07) is 6.41. The van der Waals surface area contributed by atoms with Crippen LogP contribution in [0.1, 0.15) is 101 Å². The van der Waals surface area contributed by atoms with Crippen LogP contribution in [-0.2, 0) is 25.1 Å². The summed E-state index contributed by atoms with van der Waals surface area (Å²) in [5.41, 5.74) is 1.62. The molecule has 36 heavy (non-hydrogen) atoms. The van der Waals surface area contributed by atoms with Crippen molar-refractivity contribution in [3.63, 3.8) is 0 Å². The van der Waals surface area contributed by atoms with E-state index in [0.29, 0.717) is 0 Å². The van der Waals surface area contributed by atoms with E-state index in [1.54, 1.807) is 0 Å². The maximum Gasteiger partial charge on any atom is 0.494 e. The lowest BCUT2D eigenvalue weighted by molar-refractivity contribution is 0.00578. The van der Waals surface area contributed by atoms with Gasteiger partial charge in [0.2, 0.25) is 0 Å². The summed E-state index contributed by atoms with van der Waals surface area (Å²) in [5, 5.41) is 0. The summed E-state index contributed by atoms with van der Waals surface area (Å²) in [6.45, 7) is 29.3. The Morgan fingerprint density at radius 2 is 1.61 bits per heavy atom. The highest BCUT2D eigenvalue weighted by Gasteiger charge is 2.51. The van der Waals surface area contributed by atoms with Crippen molar-refractivity contribution in [1.82, 2.24) is 0 Å². The molecular weight excluding hydrogens is 466 g/mol. The Hall–Kier alpha value is -0.880. The molecule has 0 aromatic heterocycles. The second-order valence-electron chi connectivity index (χ2n) is 13.2. The van der Waals surface area contributed by atoms with Gasteiger partial charge in [0, 0.05) is 10.7 Å². The zero-order valence-corrected chi connectivity index (χ0v) is 25.8. The van der Waals surface area contributed by atoms with Gasteiger partial charge in [0.1, 0.15) is 5.60 Å². The molecular formula is C29H49B2O4S. The number of benzene rings is 1. The molecule has 0 spiro atoms. The fourth-order valence-corrected chi connectivity index (χ4v) is 3.91. The molecule has 1 aliphatic rings. The molecule has 1 radical (unpaired) electrons. The third-order valence-corrected chi connectivity index (χ3v) is 8.18. The van der Waals surface area contributed by atoms with Gasteiger partial charge in [-0.15, -0.1) is 0 Å². The molecule has 1 aromatic carbocycles. The maximum atomic E-state index is 6.37. The Morgan fingerprint density at radius 3 is 2.08 bits per heavy atom. The summed E-state index contributed by atoms with van der Waals surface area (Å²) in [5.74, 6) is 1.04. The molecule has 1 heterocycles. The molecule has 0 N–H and O–H groups in total. The quantitative estimate of drug-likeness (QED) is 0.222. The lowest BCUT2D eigenvalue weighted by Gasteiger charge is -2.38. The molecule has 1 atom stereocenters. The largest absolute Gasteiger partial charge is 0.494 e. The first-order valence-electron chi connectivity index (χ1n) is 13.3. The third-order valence-electron chi connectivity index (χ3n) is 7.65. The molecule has 0 aliphatic carbocycles. The van der Waals surface area contributed by atoms with Crippen LogP contribution in [-0.4, -0.2) is 41.8 Å². The van der Waals surface area contributed by atoms with E-state index in [9.17, 15) is 0 Å². The molecule has 2 rings (SSSR count). The molecule has 7 heteroatoms. The summed E-state index contributed by atoms with van der Waals surface area (Å²) in [4.78, 5) is 0. The van der Waals surface area contributed by atoms with Crippen molar-refractivity contribution in [1.29, 1.82) is 0 Å². The fraction of sp³-hybridized carbons (Fsp3) is 0.724. The van der Waals surface area contributed by atoms with Crippen LogP contribution in [0.4, 0.5) is 0 Å². The number of rotatable bonds is 11. The average molecular weight is 515 g/mol. The first-order chi connectivity index (χ1) is 16.2. The van der Waals surface area contributed by atoms with Crippen molar-refractivity contribution in [2.45, 2.75) is 129 Å². The normalized spacial score (nSPS) is 18.8. The summed E-state index contributed by atoms with van der Waals surface area (Å²) in [7, 11) is 1.44. The summed E-state index contributed by atoms with van der Waals surface area (Å²) >= 11 is 4.77. The van der Waals surface area contributed by atoms with Crippen LogP contribution in [0.25, 0.3) is 0 Å². The molecule has 1 saturated heterocycles. The highest BCUT2D eigenvalue weighted by Crippen LogP contribution is 2.36. The van der Waals surface area contributed by atoms with E-state index < -0.39 is 23.9 Å². The number of allylic oxidation sites excluding steroid dienone is 1. The Morgan fingerprint density at radius 1 is 1.06 bits per heavy atom. The topological polar surface area (TPSA) is 36.9 Å². The van der Waals surface area contributed by atoms with Gasteiger partial charge in [0.15, 0.2) is 0 Å². The lowest BCUT2D eigenvalue weighted by atomic mass is 9.71. The van der Waals surface area contributed by atoms with Gasteiger partial charge in [-0.1, -0.05) is 49.1 Å². The van der Waals surface area contributed by atoms with Gasteiger partial charge in [0.25, 0.3) is 0 Å². The number of ether oxygens (including phenoxy) is 1. The second-order valence-corrected chi connectivity index (χ2v) is 14.3. The summed E-state index contributed by atoms with van der Waals surface area (Å²) in [6.07, 6.45) is 2.87. The van der Waals surface area contributed by atoms with Crippen molar-refractivity contribution in [2.75, 3.05) is 0 Å². The summed E-state index contributed by atoms with van der Waals surface area (Å²) < 4.78 is 24.9. The second kappa shape index (κ2) is 11.1. The Bertz CT molecular complexity index is 897. The van der Waals surface area contributed by atoms with Gasteiger partial charge >= 0.3 is 14.6 Å². The minimum Gasteiger partial charge on any atom is -0.493 e. The molecule has 1 aromatic rings. The van der Waals surface area contributed by atoms with Crippen molar-refractivity contribution in [2.24, 2.45) is 5.92 Å². The van der Waals surface area contributed by atoms with Crippen LogP contribution >= 0.6 is 12.6 Å². The van der Waals surface area contributed by atoms with E-state index >= 15 is 0 Å². The highest BCUT2D eigenvalue weighted by molar-refractivity contribution is 7.81. The van der Waals surface area contributed by atoms with Crippen LogP contribution in [0.2, 0.25) is 0 Å². The molecule has 0 saturated carbocycles. The van der Waals surface area contributed by atoms with E-state index in [0.717, 1.165) is 35.9 Å². The van der Waals surface area contributed by atoms with Gasteiger partial charge < -0.3 is 18.7 Å². The molecule has 1 unspecified atom stereocenters. The molecule has 4 nitrogen and oxygen atoms in total. The van der Waals surface area contributed by atoms with Crippen LogP contribution in [0, 0.1) is 5.92 Å². The smallest absolute Gasteiger partial charge is 0.493 e. The van der Waals surface area contributed by atoms with Crippen LogP contribution in [0.5, 0.6) is 0 Å². The number of hydrogen-bond acceptors (Lipinski definition) is 5. The SMILES string of the molecule is C=C(OC(C)(C)C)C(CCC)Cc1ccc(B2OC(C)(C)C(C)(C)O2)cc1[B]OC(C)(C)C(C)(C)S. The number of hydrogen-bond donors (Lipinski definition) is 1. The predicted octanol–water partition coefficient (Wildman–Crippen LogP) is 6.02. The van der Waals surface area contributed by atoms with Crippen molar-refractivity contribution < 1.29 is 18.7 Å². The molecule has 201 valence electrons. The van der Waals surface area contributed by atoms with Gasteiger partial charge in [0.05, 0.1) is 22.6 Å². The van der Waals surface area contributed by atoms with Crippen LogP contribution in [0.15, 0.2) is 30.5 Å². The van der Waals surface area contributed by atoms with Gasteiger partial charge in [-0.2, -0.15) is 12.6 Å². The monoisotopic (exact) mass is 515 g/mol. The van der Waals surface area contributed by atoms with Gasteiger partial charge in [-0.05, 0) is 94.5 Å². The van der Waals surface area contributed by atoms with E-state index in [-0.39, 0.29) is 16.3 Å². The Labute approximate surface area is 228 Å². The minimum atomic E-state index is -0.477. The van der Waals surface area contributed by atoms with E-state index in [4.69, 9.17) is 31.3 Å². The first-order valence-corrected chi connectivity index (χ1v) is 13.7. The average Bonchev–Trinajstić information content (AvgIpc) is 2.91. The zero-order valence-electron chi connectivity index (χ0n) is 24.9. The highest BCUT2D eigenvalue weighted by atomic mass is 32.1.